The van der Waals surface area contributed by atoms with Crippen molar-refractivity contribution in [3.63, 3.8) is 0 Å². The van der Waals surface area contributed by atoms with E-state index in [0.717, 1.165) is 22.3 Å². The highest BCUT2D eigenvalue weighted by Gasteiger charge is 2.14. The zero-order chi connectivity index (χ0) is 18.3. The van der Waals surface area contributed by atoms with Crippen molar-refractivity contribution in [2.75, 3.05) is 5.32 Å². The summed E-state index contributed by atoms with van der Waals surface area (Å²) in [5.41, 5.74) is 3.25. The van der Waals surface area contributed by atoms with Crippen LogP contribution in [-0.4, -0.2) is 20.9 Å². The largest absolute Gasteiger partial charge is 0.361 e. The highest BCUT2D eigenvalue weighted by atomic mass is 19.1. The number of halogens is 1. The van der Waals surface area contributed by atoms with Crippen molar-refractivity contribution in [2.45, 2.75) is 26.2 Å². The molecule has 2 heterocycles. The summed E-state index contributed by atoms with van der Waals surface area (Å²) in [5, 5.41) is 3.66. The third-order valence-electron chi connectivity index (χ3n) is 4.44. The van der Waals surface area contributed by atoms with Crippen LogP contribution in [0.1, 0.15) is 31.2 Å². The van der Waals surface area contributed by atoms with Crippen LogP contribution >= 0.6 is 0 Å². The summed E-state index contributed by atoms with van der Waals surface area (Å²) >= 11 is 0. The van der Waals surface area contributed by atoms with Crippen molar-refractivity contribution in [1.82, 2.24) is 15.0 Å². The number of hydrogen-bond donors (Lipinski definition) is 3. The number of rotatable bonds is 4. The molecule has 0 saturated heterocycles. The molecule has 0 bridgehead atoms. The van der Waals surface area contributed by atoms with Gasteiger partial charge in [0.25, 0.3) is 0 Å². The van der Waals surface area contributed by atoms with Crippen molar-refractivity contribution >= 4 is 33.5 Å². The smallest absolute Gasteiger partial charge is 0.228 e. The van der Waals surface area contributed by atoms with Crippen molar-refractivity contribution in [3.8, 4) is 0 Å². The van der Waals surface area contributed by atoms with Crippen LogP contribution in [0.4, 0.5) is 10.1 Å². The lowest BCUT2D eigenvalue weighted by Crippen LogP contribution is -2.15. The van der Waals surface area contributed by atoms with Gasteiger partial charge in [0, 0.05) is 29.1 Å². The predicted molar refractivity (Wildman–Crippen MR) is 101 cm³/mol. The SMILES string of the molecule is CC(C)c1nc2cc(NC(=O)Cc3c[nH]c4ccccc34)c(F)cc2[nH]1. The summed E-state index contributed by atoms with van der Waals surface area (Å²) in [6.45, 7) is 4.02. The topological polar surface area (TPSA) is 73.6 Å². The maximum absolute atomic E-state index is 14.4. The van der Waals surface area contributed by atoms with Gasteiger partial charge in [-0.05, 0) is 17.7 Å². The summed E-state index contributed by atoms with van der Waals surface area (Å²) in [6.07, 6.45) is 1.98. The Balaban J connectivity index is 1.58. The molecule has 0 saturated carbocycles. The Kier molecular flexibility index (Phi) is 3.95. The van der Waals surface area contributed by atoms with E-state index in [4.69, 9.17) is 0 Å². The number of H-pyrrole nitrogens is 2. The fourth-order valence-corrected chi connectivity index (χ4v) is 3.06. The average Bonchev–Trinajstić information content (AvgIpc) is 3.19. The molecule has 1 amide bonds. The minimum Gasteiger partial charge on any atom is -0.361 e. The summed E-state index contributed by atoms with van der Waals surface area (Å²) in [6, 6.07) is 10.7. The van der Waals surface area contributed by atoms with Crippen LogP contribution in [0.2, 0.25) is 0 Å². The van der Waals surface area contributed by atoms with Crippen LogP contribution in [0, 0.1) is 5.82 Å². The second-order valence-electron chi connectivity index (χ2n) is 6.71. The van der Waals surface area contributed by atoms with Crippen LogP contribution in [0.5, 0.6) is 0 Å². The van der Waals surface area contributed by atoms with E-state index >= 15 is 0 Å². The molecule has 132 valence electrons. The van der Waals surface area contributed by atoms with Gasteiger partial charge in [0.05, 0.1) is 23.1 Å². The van der Waals surface area contributed by atoms with E-state index in [0.29, 0.717) is 11.0 Å². The number of carbonyl (C=O) groups excluding carboxylic acids is 1. The van der Waals surface area contributed by atoms with Gasteiger partial charge in [0.15, 0.2) is 0 Å². The average molecular weight is 350 g/mol. The van der Waals surface area contributed by atoms with Gasteiger partial charge in [-0.25, -0.2) is 9.37 Å². The van der Waals surface area contributed by atoms with Crippen LogP contribution in [-0.2, 0) is 11.2 Å². The molecule has 0 atom stereocenters. The standard InChI is InChI=1S/C20H19FN4O/c1-11(2)20-24-17-8-14(21)16(9-18(17)25-20)23-19(26)7-12-10-22-15-6-4-3-5-13(12)15/h3-6,8-11,22H,7H2,1-2H3,(H,23,26)(H,24,25). The first-order valence-electron chi connectivity index (χ1n) is 8.55. The summed E-state index contributed by atoms with van der Waals surface area (Å²) in [4.78, 5) is 23.1. The number of hydrogen-bond acceptors (Lipinski definition) is 2. The van der Waals surface area contributed by atoms with Gasteiger partial charge in [-0.2, -0.15) is 0 Å². The molecule has 2 aromatic carbocycles. The van der Waals surface area contributed by atoms with Crippen LogP contribution < -0.4 is 5.32 Å². The molecular formula is C20H19FN4O. The number of anilines is 1. The molecule has 0 spiro atoms. The number of para-hydroxylation sites is 1. The van der Waals surface area contributed by atoms with Crippen molar-refractivity contribution < 1.29 is 9.18 Å². The molecule has 4 rings (SSSR count). The molecule has 4 aromatic rings. The molecule has 0 unspecified atom stereocenters. The van der Waals surface area contributed by atoms with Gasteiger partial charge in [0.2, 0.25) is 5.91 Å². The fourth-order valence-electron chi connectivity index (χ4n) is 3.06. The van der Waals surface area contributed by atoms with Gasteiger partial charge >= 0.3 is 0 Å². The Morgan fingerprint density at radius 1 is 1.23 bits per heavy atom. The van der Waals surface area contributed by atoms with Crippen molar-refractivity contribution in [1.29, 1.82) is 0 Å². The molecule has 6 heteroatoms. The Bertz CT molecular complexity index is 1110. The first kappa shape index (κ1) is 16.3. The predicted octanol–water partition coefficient (Wildman–Crippen LogP) is 4.49. The Morgan fingerprint density at radius 2 is 2.04 bits per heavy atom. The minimum absolute atomic E-state index is 0.143. The highest BCUT2D eigenvalue weighted by molar-refractivity contribution is 5.97. The van der Waals surface area contributed by atoms with E-state index in [1.54, 1.807) is 6.07 Å². The zero-order valence-corrected chi connectivity index (χ0v) is 14.6. The summed E-state index contributed by atoms with van der Waals surface area (Å²) in [5.74, 6) is 0.253. The zero-order valence-electron chi connectivity index (χ0n) is 14.6. The molecule has 2 aromatic heterocycles. The molecule has 5 nitrogen and oxygen atoms in total. The molecule has 0 aliphatic carbocycles. The second-order valence-corrected chi connectivity index (χ2v) is 6.71. The minimum atomic E-state index is -0.483. The lowest BCUT2D eigenvalue weighted by atomic mass is 10.1. The highest BCUT2D eigenvalue weighted by Crippen LogP contribution is 2.24. The molecule has 0 radical (unpaired) electrons. The van der Waals surface area contributed by atoms with Crippen LogP contribution in [0.3, 0.4) is 0 Å². The number of fused-ring (bicyclic) bond motifs is 2. The first-order chi connectivity index (χ1) is 12.5. The van der Waals surface area contributed by atoms with Gasteiger partial charge in [-0.15, -0.1) is 0 Å². The van der Waals surface area contributed by atoms with E-state index < -0.39 is 5.82 Å². The van der Waals surface area contributed by atoms with E-state index in [-0.39, 0.29) is 23.9 Å². The van der Waals surface area contributed by atoms with Gasteiger partial charge in [0.1, 0.15) is 11.6 Å². The number of nitrogens with one attached hydrogen (secondary N) is 3. The molecule has 0 fully saturated rings. The molecule has 0 aliphatic heterocycles. The lowest BCUT2D eigenvalue weighted by Gasteiger charge is -2.06. The number of amides is 1. The van der Waals surface area contributed by atoms with E-state index in [1.165, 1.54) is 6.07 Å². The Hall–Kier alpha value is -3.15. The van der Waals surface area contributed by atoms with Gasteiger partial charge < -0.3 is 15.3 Å². The lowest BCUT2D eigenvalue weighted by molar-refractivity contribution is -0.115. The summed E-state index contributed by atoms with van der Waals surface area (Å²) in [7, 11) is 0. The first-order valence-corrected chi connectivity index (χ1v) is 8.55. The normalized spacial score (nSPS) is 11.5. The fraction of sp³-hybridized carbons (Fsp3) is 0.200. The third-order valence-corrected chi connectivity index (χ3v) is 4.44. The van der Waals surface area contributed by atoms with Crippen LogP contribution in [0.25, 0.3) is 21.9 Å². The molecule has 26 heavy (non-hydrogen) atoms. The Morgan fingerprint density at radius 3 is 2.85 bits per heavy atom. The van der Waals surface area contributed by atoms with E-state index in [2.05, 4.69) is 20.3 Å². The second kappa shape index (κ2) is 6.29. The van der Waals surface area contributed by atoms with Gasteiger partial charge in [-0.3, -0.25) is 4.79 Å². The van der Waals surface area contributed by atoms with Crippen LogP contribution in [0.15, 0.2) is 42.6 Å². The third kappa shape index (κ3) is 2.94. The molecular weight excluding hydrogens is 331 g/mol. The van der Waals surface area contributed by atoms with E-state index in [9.17, 15) is 9.18 Å². The van der Waals surface area contributed by atoms with Gasteiger partial charge in [-0.1, -0.05) is 32.0 Å². The number of benzene rings is 2. The number of carbonyl (C=O) groups is 1. The number of aromatic amines is 2. The molecule has 0 aliphatic rings. The summed E-state index contributed by atoms with van der Waals surface area (Å²) < 4.78 is 14.4. The van der Waals surface area contributed by atoms with Crippen molar-refractivity contribution in [3.05, 3.63) is 59.8 Å². The number of imidazole rings is 1. The molecule has 3 N–H and O–H groups in total. The Labute approximate surface area is 149 Å². The maximum atomic E-state index is 14.4. The quantitative estimate of drug-likeness (QED) is 0.507. The van der Waals surface area contributed by atoms with Crippen molar-refractivity contribution in [2.24, 2.45) is 0 Å². The number of aromatic nitrogens is 3. The monoisotopic (exact) mass is 350 g/mol. The van der Waals surface area contributed by atoms with E-state index in [1.807, 2.05) is 44.3 Å². The maximum Gasteiger partial charge on any atom is 0.228 e. The number of nitrogens with zero attached hydrogens (tertiary/aromatic N) is 1.